The predicted molar refractivity (Wildman–Crippen MR) is 129 cm³/mol. The van der Waals surface area contributed by atoms with Gasteiger partial charge in [-0.3, -0.25) is 19.7 Å². The minimum atomic E-state index is -0.577. The quantitative estimate of drug-likeness (QED) is 0.259. The van der Waals surface area contributed by atoms with Crippen LogP contribution in [0.4, 0.5) is 11.4 Å². The number of hydrogen-bond donors (Lipinski definition) is 2. The number of fused-ring (bicyclic) bond motifs is 1. The second kappa shape index (κ2) is 10.8. The van der Waals surface area contributed by atoms with E-state index in [1.54, 1.807) is 36.4 Å². The molecule has 1 aliphatic heterocycles. The Morgan fingerprint density at radius 3 is 2.69 bits per heavy atom. The summed E-state index contributed by atoms with van der Waals surface area (Å²) in [5, 5.41) is 17.1. The van der Waals surface area contributed by atoms with E-state index in [0.29, 0.717) is 22.9 Å². The molecule has 10 nitrogen and oxygen atoms in total. The number of benzene rings is 3. The number of rotatable bonds is 9. The Morgan fingerprint density at radius 2 is 1.89 bits per heavy atom. The van der Waals surface area contributed by atoms with Crippen molar-refractivity contribution in [2.45, 2.75) is 11.4 Å². The summed E-state index contributed by atoms with van der Waals surface area (Å²) in [7, 11) is 1.48. The van der Waals surface area contributed by atoms with Crippen molar-refractivity contribution in [2.75, 3.05) is 25.0 Å². The Bertz CT molecular complexity index is 1280. The van der Waals surface area contributed by atoms with E-state index in [2.05, 4.69) is 10.6 Å². The van der Waals surface area contributed by atoms with Gasteiger partial charge < -0.3 is 24.8 Å². The fourth-order valence-corrected chi connectivity index (χ4v) is 4.15. The Kier molecular flexibility index (Phi) is 7.36. The van der Waals surface area contributed by atoms with Gasteiger partial charge in [0.1, 0.15) is 5.75 Å². The van der Waals surface area contributed by atoms with Gasteiger partial charge in [-0.05, 0) is 42.0 Å². The van der Waals surface area contributed by atoms with Gasteiger partial charge >= 0.3 is 0 Å². The third-order valence-electron chi connectivity index (χ3n) is 5.06. The molecule has 11 heteroatoms. The first-order valence-corrected chi connectivity index (χ1v) is 11.4. The number of nitro benzene ring substituents is 1. The second-order valence-corrected chi connectivity index (χ2v) is 8.36. The highest BCUT2D eigenvalue weighted by Crippen LogP contribution is 2.33. The van der Waals surface area contributed by atoms with Gasteiger partial charge in [0.05, 0.1) is 28.4 Å². The van der Waals surface area contributed by atoms with E-state index in [1.807, 2.05) is 6.07 Å². The zero-order valence-corrected chi connectivity index (χ0v) is 19.4. The van der Waals surface area contributed by atoms with Gasteiger partial charge in [-0.1, -0.05) is 18.2 Å². The number of methoxy groups -OCH3 is 1. The number of nitro groups is 1. The normalized spacial score (nSPS) is 11.6. The SMILES string of the molecule is COc1ccccc1NC(=O)c1ccc(SCC(=O)NCc2ccc3c(c2)OCO3)c([N+](=O)[O-])c1. The lowest BCUT2D eigenvalue weighted by molar-refractivity contribution is -0.387. The molecule has 2 amide bonds. The van der Waals surface area contributed by atoms with Crippen LogP contribution in [0.3, 0.4) is 0 Å². The summed E-state index contributed by atoms with van der Waals surface area (Å²) in [6.45, 7) is 0.446. The van der Waals surface area contributed by atoms with Gasteiger partial charge in [-0.2, -0.15) is 0 Å². The fourth-order valence-electron chi connectivity index (χ4n) is 3.31. The minimum Gasteiger partial charge on any atom is -0.495 e. The Balaban J connectivity index is 1.37. The molecule has 0 fully saturated rings. The Labute approximate surface area is 204 Å². The van der Waals surface area contributed by atoms with Crippen LogP contribution in [-0.2, 0) is 11.3 Å². The summed E-state index contributed by atoms with van der Waals surface area (Å²) in [4.78, 5) is 36.3. The molecule has 0 spiro atoms. The van der Waals surface area contributed by atoms with Crippen molar-refractivity contribution in [3.05, 3.63) is 81.9 Å². The number of thioether (sulfide) groups is 1. The molecule has 3 aromatic rings. The standard InChI is InChI=1S/C24H21N3O7S/c1-32-19-5-3-2-4-17(19)26-24(29)16-7-9-22(18(11-16)27(30)31)35-13-23(28)25-12-15-6-8-20-21(10-15)34-14-33-20/h2-11H,12-14H2,1H3,(H,25,28)(H,26,29). The van der Waals surface area contributed by atoms with Crippen LogP contribution in [0.1, 0.15) is 15.9 Å². The predicted octanol–water partition coefficient (Wildman–Crippen LogP) is 3.99. The van der Waals surface area contributed by atoms with Crippen molar-refractivity contribution < 1.29 is 28.7 Å². The highest BCUT2D eigenvalue weighted by atomic mass is 32.2. The molecule has 1 heterocycles. The monoisotopic (exact) mass is 495 g/mol. The van der Waals surface area contributed by atoms with Crippen molar-refractivity contribution in [1.82, 2.24) is 5.32 Å². The number of carbonyl (C=O) groups is 2. The van der Waals surface area contributed by atoms with Crippen LogP contribution in [0.5, 0.6) is 17.2 Å². The van der Waals surface area contributed by atoms with Crippen LogP contribution in [0, 0.1) is 10.1 Å². The van der Waals surface area contributed by atoms with Crippen LogP contribution >= 0.6 is 11.8 Å². The largest absolute Gasteiger partial charge is 0.495 e. The number of anilines is 1. The van der Waals surface area contributed by atoms with Gasteiger partial charge in [-0.15, -0.1) is 11.8 Å². The summed E-state index contributed by atoms with van der Waals surface area (Å²) in [5.74, 6) is 0.905. The van der Waals surface area contributed by atoms with Crippen molar-refractivity contribution in [2.24, 2.45) is 0 Å². The number of ether oxygens (including phenoxy) is 3. The van der Waals surface area contributed by atoms with Crippen LogP contribution in [0.15, 0.2) is 65.6 Å². The molecule has 35 heavy (non-hydrogen) atoms. The molecule has 0 saturated carbocycles. The lowest BCUT2D eigenvalue weighted by atomic mass is 10.2. The van der Waals surface area contributed by atoms with Gasteiger partial charge in [-0.25, -0.2) is 0 Å². The number of para-hydroxylation sites is 2. The summed E-state index contributed by atoms with van der Waals surface area (Å²) in [6, 6.07) is 16.4. The van der Waals surface area contributed by atoms with E-state index in [9.17, 15) is 19.7 Å². The lowest BCUT2D eigenvalue weighted by Crippen LogP contribution is -2.24. The molecule has 0 saturated heterocycles. The molecular formula is C24H21N3O7S. The van der Waals surface area contributed by atoms with Crippen molar-refractivity contribution in [3.8, 4) is 17.2 Å². The minimum absolute atomic E-state index is 0.0296. The second-order valence-electron chi connectivity index (χ2n) is 7.35. The molecule has 180 valence electrons. The molecule has 0 bridgehead atoms. The lowest BCUT2D eigenvalue weighted by Gasteiger charge is -2.10. The van der Waals surface area contributed by atoms with E-state index in [1.165, 1.54) is 25.3 Å². The smallest absolute Gasteiger partial charge is 0.283 e. The third kappa shape index (κ3) is 5.82. The highest BCUT2D eigenvalue weighted by Gasteiger charge is 2.20. The maximum Gasteiger partial charge on any atom is 0.283 e. The number of nitrogens with zero attached hydrogens (tertiary/aromatic N) is 1. The molecule has 2 N–H and O–H groups in total. The first kappa shape index (κ1) is 23.9. The van der Waals surface area contributed by atoms with E-state index < -0.39 is 10.8 Å². The Morgan fingerprint density at radius 1 is 1.09 bits per heavy atom. The first-order chi connectivity index (χ1) is 16.9. The molecular weight excluding hydrogens is 474 g/mol. The van der Waals surface area contributed by atoms with Crippen LogP contribution < -0.4 is 24.8 Å². The van der Waals surface area contributed by atoms with Crippen LogP contribution in [0.2, 0.25) is 0 Å². The van der Waals surface area contributed by atoms with Gasteiger partial charge in [0.15, 0.2) is 11.5 Å². The highest BCUT2D eigenvalue weighted by molar-refractivity contribution is 8.00. The molecule has 0 atom stereocenters. The Hall–Kier alpha value is -4.25. The van der Waals surface area contributed by atoms with Crippen LogP contribution in [-0.4, -0.2) is 36.4 Å². The van der Waals surface area contributed by atoms with E-state index in [-0.39, 0.29) is 41.1 Å². The van der Waals surface area contributed by atoms with Crippen molar-refractivity contribution in [3.63, 3.8) is 0 Å². The van der Waals surface area contributed by atoms with Gasteiger partial charge in [0.2, 0.25) is 12.7 Å². The maximum absolute atomic E-state index is 12.6. The average Bonchev–Trinajstić information content (AvgIpc) is 3.34. The zero-order valence-electron chi connectivity index (χ0n) is 18.6. The van der Waals surface area contributed by atoms with E-state index in [4.69, 9.17) is 14.2 Å². The number of amides is 2. The molecule has 3 aromatic carbocycles. The third-order valence-corrected chi connectivity index (χ3v) is 6.12. The summed E-state index contributed by atoms with van der Waals surface area (Å²) >= 11 is 1.02. The molecule has 0 unspecified atom stereocenters. The van der Waals surface area contributed by atoms with E-state index in [0.717, 1.165) is 17.3 Å². The topological polar surface area (TPSA) is 129 Å². The summed E-state index contributed by atoms with van der Waals surface area (Å²) in [6.07, 6.45) is 0. The maximum atomic E-state index is 12.6. The van der Waals surface area contributed by atoms with Crippen LogP contribution in [0.25, 0.3) is 0 Å². The number of hydrogen-bond acceptors (Lipinski definition) is 8. The van der Waals surface area contributed by atoms with Gasteiger partial charge in [0, 0.05) is 18.2 Å². The molecule has 0 radical (unpaired) electrons. The molecule has 0 aliphatic carbocycles. The molecule has 1 aliphatic rings. The molecule has 0 aromatic heterocycles. The first-order valence-electron chi connectivity index (χ1n) is 10.5. The van der Waals surface area contributed by atoms with Crippen molar-refractivity contribution >= 4 is 35.0 Å². The van der Waals surface area contributed by atoms with Crippen molar-refractivity contribution in [1.29, 1.82) is 0 Å². The average molecular weight is 496 g/mol. The summed E-state index contributed by atoms with van der Waals surface area (Å²) < 4.78 is 15.8. The number of nitrogens with one attached hydrogen (secondary N) is 2. The number of carbonyl (C=O) groups excluding carboxylic acids is 2. The van der Waals surface area contributed by atoms with E-state index >= 15 is 0 Å². The zero-order chi connectivity index (χ0) is 24.8. The molecule has 4 rings (SSSR count). The summed E-state index contributed by atoms with van der Waals surface area (Å²) in [5.41, 5.74) is 1.13. The van der Waals surface area contributed by atoms with Gasteiger partial charge in [0.25, 0.3) is 11.6 Å². The fraction of sp³-hybridized carbons (Fsp3) is 0.167.